The van der Waals surface area contributed by atoms with Crippen molar-refractivity contribution in [1.82, 2.24) is 4.90 Å². The molecule has 0 aromatic heterocycles. The maximum atomic E-state index is 12.6. The summed E-state index contributed by atoms with van der Waals surface area (Å²) in [6, 6.07) is -0.881. The van der Waals surface area contributed by atoms with Crippen LogP contribution in [0.1, 0.15) is 45.4 Å². The highest BCUT2D eigenvalue weighted by atomic mass is 32.2. The molecule has 2 fully saturated rings. The Hall–Kier alpha value is -1.11. The fourth-order valence-corrected chi connectivity index (χ4v) is 5.18. The minimum atomic E-state index is -3.42. The maximum absolute atomic E-state index is 12.6. The van der Waals surface area contributed by atoms with Crippen molar-refractivity contribution in [3.8, 4) is 0 Å². The van der Waals surface area contributed by atoms with Crippen molar-refractivity contribution in [3.05, 3.63) is 0 Å². The van der Waals surface area contributed by atoms with Crippen LogP contribution in [0.25, 0.3) is 0 Å². The number of carbonyl (C=O) groups is 2. The van der Waals surface area contributed by atoms with Crippen LogP contribution in [0, 0.1) is 5.92 Å². The number of aliphatic carboxylic acids is 1. The van der Waals surface area contributed by atoms with Crippen molar-refractivity contribution >= 4 is 21.7 Å². The van der Waals surface area contributed by atoms with Crippen LogP contribution in [0.2, 0.25) is 0 Å². The standard InChI is InChI=1S/C14H23NO5S/c1-2-10-6-7-15(11(9-10)14(17)18)13(16)12-5-3-4-8-21(12,19)20/h10-12H,2-9H2,1H3,(H,17,18). The number of rotatable bonds is 3. The fourth-order valence-electron chi connectivity index (χ4n) is 3.32. The minimum Gasteiger partial charge on any atom is -0.480 e. The second-order valence-corrected chi connectivity index (χ2v) is 8.34. The van der Waals surface area contributed by atoms with Gasteiger partial charge >= 0.3 is 5.97 Å². The van der Waals surface area contributed by atoms with Crippen molar-refractivity contribution in [2.75, 3.05) is 12.3 Å². The van der Waals surface area contributed by atoms with Crippen LogP contribution in [0.4, 0.5) is 0 Å². The summed E-state index contributed by atoms with van der Waals surface area (Å²) >= 11 is 0. The van der Waals surface area contributed by atoms with Crippen LogP contribution in [-0.2, 0) is 19.4 Å². The highest BCUT2D eigenvalue weighted by molar-refractivity contribution is 7.92. The van der Waals surface area contributed by atoms with Gasteiger partial charge in [-0.3, -0.25) is 4.79 Å². The highest BCUT2D eigenvalue weighted by Gasteiger charge is 2.43. The molecule has 1 N–H and O–H groups in total. The molecule has 21 heavy (non-hydrogen) atoms. The number of likely N-dealkylation sites (tertiary alicyclic amines) is 1. The molecule has 0 aliphatic carbocycles. The molecule has 0 saturated carbocycles. The van der Waals surface area contributed by atoms with E-state index < -0.39 is 33.0 Å². The largest absolute Gasteiger partial charge is 0.480 e. The summed E-state index contributed by atoms with van der Waals surface area (Å²) in [5, 5.41) is 8.32. The molecular formula is C14H23NO5S. The lowest BCUT2D eigenvalue weighted by Crippen LogP contribution is -2.55. The molecule has 0 aromatic carbocycles. The van der Waals surface area contributed by atoms with Crippen molar-refractivity contribution < 1.29 is 23.1 Å². The number of carboxylic acid groups (broad SMARTS) is 1. The van der Waals surface area contributed by atoms with Gasteiger partial charge in [0, 0.05) is 6.54 Å². The fraction of sp³-hybridized carbons (Fsp3) is 0.857. The molecule has 2 rings (SSSR count). The smallest absolute Gasteiger partial charge is 0.326 e. The number of carbonyl (C=O) groups excluding carboxylic acids is 1. The Kier molecular flexibility index (Phi) is 4.91. The summed E-state index contributed by atoms with van der Waals surface area (Å²) in [7, 11) is -3.42. The van der Waals surface area contributed by atoms with E-state index in [2.05, 4.69) is 0 Å². The lowest BCUT2D eigenvalue weighted by Gasteiger charge is -2.39. The molecule has 7 heteroatoms. The van der Waals surface area contributed by atoms with Gasteiger partial charge in [-0.05, 0) is 31.6 Å². The lowest BCUT2D eigenvalue weighted by atomic mass is 9.88. The van der Waals surface area contributed by atoms with E-state index >= 15 is 0 Å². The zero-order valence-corrected chi connectivity index (χ0v) is 13.1. The molecule has 1 amide bonds. The normalized spacial score (nSPS) is 32.6. The Morgan fingerprint density at radius 2 is 1.95 bits per heavy atom. The molecule has 3 unspecified atom stereocenters. The van der Waals surface area contributed by atoms with E-state index in [1.807, 2.05) is 6.92 Å². The predicted octanol–water partition coefficient (Wildman–Crippen LogP) is 1.06. The van der Waals surface area contributed by atoms with E-state index in [1.165, 1.54) is 4.90 Å². The first-order valence-corrected chi connectivity index (χ1v) is 9.33. The van der Waals surface area contributed by atoms with Gasteiger partial charge in [-0.2, -0.15) is 0 Å². The third-order valence-corrected chi connectivity index (χ3v) is 6.87. The van der Waals surface area contributed by atoms with Crippen LogP contribution < -0.4 is 0 Å². The van der Waals surface area contributed by atoms with Gasteiger partial charge in [-0.15, -0.1) is 0 Å². The lowest BCUT2D eigenvalue weighted by molar-refractivity contribution is -0.153. The molecule has 2 saturated heterocycles. The van der Waals surface area contributed by atoms with E-state index in [-0.39, 0.29) is 11.7 Å². The van der Waals surface area contributed by atoms with Crippen LogP contribution in [0.3, 0.4) is 0 Å². The monoisotopic (exact) mass is 317 g/mol. The van der Waals surface area contributed by atoms with Gasteiger partial charge in [0.25, 0.3) is 0 Å². The first kappa shape index (κ1) is 16.3. The number of hydrogen-bond acceptors (Lipinski definition) is 4. The van der Waals surface area contributed by atoms with E-state index in [1.54, 1.807) is 0 Å². The van der Waals surface area contributed by atoms with Gasteiger partial charge in [-0.25, -0.2) is 13.2 Å². The van der Waals surface area contributed by atoms with Gasteiger partial charge < -0.3 is 10.0 Å². The Bertz CT molecular complexity index is 515. The summed E-state index contributed by atoms with van der Waals surface area (Å²) in [6.45, 7) is 2.35. The average Bonchev–Trinajstić information content (AvgIpc) is 2.45. The van der Waals surface area contributed by atoms with Gasteiger partial charge in [0.15, 0.2) is 9.84 Å². The molecule has 2 heterocycles. The minimum absolute atomic E-state index is 0.0343. The summed E-state index contributed by atoms with van der Waals surface area (Å²) in [5.74, 6) is -1.21. The zero-order chi connectivity index (χ0) is 15.6. The average molecular weight is 317 g/mol. The van der Waals surface area contributed by atoms with Crippen LogP contribution in [-0.4, -0.2) is 53.9 Å². The number of hydrogen-bond donors (Lipinski definition) is 1. The zero-order valence-electron chi connectivity index (χ0n) is 12.3. The summed E-state index contributed by atoms with van der Waals surface area (Å²) in [5.41, 5.74) is 0. The van der Waals surface area contributed by atoms with Crippen LogP contribution in [0.15, 0.2) is 0 Å². The van der Waals surface area contributed by atoms with E-state index in [9.17, 15) is 23.1 Å². The molecule has 120 valence electrons. The van der Waals surface area contributed by atoms with Crippen molar-refractivity contribution in [3.63, 3.8) is 0 Å². The molecule has 2 aliphatic rings. The first-order chi connectivity index (χ1) is 9.86. The predicted molar refractivity (Wildman–Crippen MR) is 77.6 cm³/mol. The number of sulfone groups is 1. The Balaban J connectivity index is 2.18. The molecule has 0 bridgehead atoms. The second-order valence-electron chi connectivity index (χ2n) is 6.04. The summed E-state index contributed by atoms with van der Waals surface area (Å²) < 4.78 is 24.1. The van der Waals surface area contributed by atoms with Crippen molar-refractivity contribution in [2.45, 2.75) is 56.7 Å². The molecule has 0 aromatic rings. The third kappa shape index (κ3) is 3.39. The number of piperidine rings is 1. The Morgan fingerprint density at radius 1 is 1.24 bits per heavy atom. The van der Waals surface area contributed by atoms with Crippen molar-refractivity contribution in [2.24, 2.45) is 5.92 Å². The van der Waals surface area contributed by atoms with E-state index in [0.717, 1.165) is 12.8 Å². The molecule has 0 spiro atoms. The van der Waals surface area contributed by atoms with Gasteiger partial charge in [-0.1, -0.05) is 19.8 Å². The van der Waals surface area contributed by atoms with Gasteiger partial charge in [0.2, 0.25) is 5.91 Å². The molecule has 2 aliphatic heterocycles. The van der Waals surface area contributed by atoms with E-state index in [4.69, 9.17) is 0 Å². The first-order valence-electron chi connectivity index (χ1n) is 7.61. The SMILES string of the molecule is CCC1CCN(C(=O)C2CCCCS2(=O)=O)C(C(=O)O)C1. The summed E-state index contributed by atoms with van der Waals surface area (Å²) in [4.78, 5) is 25.3. The number of amides is 1. The molecule has 3 atom stereocenters. The number of carboxylic acids is 1. The number of nitrogens with zero attached hydrogens (tertiary/aromatic N) is 1. The van der Waals surface area contributed by atoms with Crippen LogP contribution >= 0.6 is 0 Å². The van der Waals surface area contributed by atoms with Gasteiger partial charge in [0.1, 0.15) is 11.3 Å². The Morgan fingerprint density at radius 3 is 2.52 bits per heavy atom. The van der Waals surface area contributed by atoms with Crippen LogP contribution in [0.5, 0.6) is 0 Å². The maximum Gasteiger partial charge on any atom is 0.326 e. The highest BCUT2D eigenvalue weighted by Crippen LogP contribution is 2.29. The van der Waals surface area contributed by atoms with Gasteiger partial charge in [0.05, 0.1) is 5.75 Å². The molecular weight excluding hydrogens is 294 g/mol. The molecule has 6 nitrogen and oxygen atoms in total. The quantitative estimate of drug-likeness (QED) is 0.840. The van der Waals surface area contributed by atoms with Crippen molar-refractivity contribution in [1.29, 1.82) is 0 Å². The third-order valence-electron chi connectivity index (χ3n) is 4.71. The summed E-state index contributed by atoms with van der Waals surface area (Å²) in [6.07, 6.45) is 3.67. The Labute approximate surface area is 125 Å². The second kappa shape index (κ2) is 6.34. The van der Waals surface area contributed by atoms with E-state index in [0.29, 0.717) is 32.2 Å². The molecule has 0 radical (unpaired) electrons. The topological polar surface area (TPSA) is 91.8 Å².